The number of aliphatic hydroxyl groups is 1. The van der Waals surface area contributed by atoms with Crippen molar-refractivity contribution in [1.29, 1.82) is 0 Å². The second kappa shape index (κ2) is 9.18. The molecule has 1 N–H and O–H groups in total. The van der Waals surface area contributed by atoms with Gasteiger partial charge in [0.15, 0.2) is 0 Å². The van der Waals surface area contributed by atoms with E-state index in [0.29, 0.717) is 35.7 Å². The normalized spacial score (nSPS) is 20.5. The lowest BCUT2D eigenvalue weighted by molar-refractivity contribution is -0.140. The maximum Gasteiger partial charge on any atom is 0.296 e. The van der Waals surface area contributed by atoms with Crippen molar-refractivity contribution in [1.82, 2.24) is 4.90 Å². The predicted molar refractivity (Wildman–Crippen MR) is 129 cm³/mol. The van der Waals surface area contributed by atoms with E-state index in [0.717, 1.165) is 11.3 Å². The molecule has 7 heteroatoms. The van der Waals surface area contributed by atoms with Crippen molar-refractivity contribution < 1.29 is 28.6 Å². The number of likely N-dealkylation sites (tertiary alicyclic amines) is 1. The summed E-state index contributed by atoms with van der Waals surface area (Å²) in [6.45, 7) is 6.03. The lowest BCUT2D eigenvalue weighted by Gasteiger charge is -2.25. The molecule has 0 bridgehead atoms. The SMILES string of the molecule is C=CCOc1cccc(C2/C(=C(\O)c3ccc4c(c3)CC(C)O4)C(=O)C(=O)N2Cc2ccco2)c1. The summed E-state index contributed by atoms with van der Waals surface area (Å²) in [5.41, 5.74) is 2.07. The highest BCUT2D eigenvalue weighted by molar-refractivity contribution is 6.46. The van der Waals surface area contributed by atoms with Gasteiger partial charge in [-0.3, -0.25) is 9.59 Å². The predicted octanol–water partition coefficient (Wildman–Crippen LogP) is 4.79. The molecule has 0 radical (unpaired) electrons. The Bertz CT molecular complexity index is 1320. The van der Waals surface area contributed by atoms with Crippen molar-refractivity contribution in [3.63, 3.8) is 0 Å². The summed E-state index contributed by atoms with van der Waals surface area (Å²) in [5.74, 6) is 0.172. The monoisotopic (exact) mass is 471 g/mol. The van der Waals surface area contributed by atoms with Gasteiger partial charge >= 0.3 is 0 Å². The van der Waals surface area contributed by atoms with Crippen LogP contribution in [-0.4, -0.2) is 34.4 Å². The molecule has 1 saturated heterocycles. The highest BCUT2D eigenvalue weighted by Gasteiger charge is 2.46. The first-order valence-corrected chi connectivity index (χ1v) is 11.4. The Morgan fingerprint density at radius 1 is 1.20 bits per heavy atom. The van der Waals surface area contributed by atoms with E-state index in [2.05, 4.69) is 6.58 Å². The van der Waals surface area contributed by atoms with Crippen LogP contribution in [0.1, 0.15) is 35.4 Å². The highest BCUT2D eigenvalue weighted by atomic mass is 16.5. The molecule has 3 heterocycles. The van der Waals surface area contributed by atoms with E-state index in [1.807, 2.05) is 13.0 Å². The number of Topliss-reactive ketones (excluding diaryl/α,β-unsaturated/α-hetero) is 1. The Kier molecular flexibility index (Phi) is 5.91. The summed E-state index contributed by atoms with van der Waals surface area (Å²) in [4.78, 5) is 27.9. The molecule has 2 aromatic carbocycles. The van der Waals surface area contributed by atoms with Gasteiger partial charge in [0.25, 0.3) is 11.7 Å². The molecule has 1 amide bonds. The fourth-order valence-electron chi connectivity index (χ4n) is 4.61. The number of rotatable bonds is 7. The van der Waals surface area contributed by atoms with Gasteiger partial charge in [0.2, 0.25) is 0 Å². The van der Waals surface area contributed by atoms with Crippen LogP contribution in [0.3, 0.4) is 0 Å². The Hall–Kier alpha value is -4.26. The fourth-order valence-corrected chi connectivity index (χ4v) is 4.61. The van der Waals surface area contributed by atoms with Crippen LogP contribution in [0.5, 0.6) is 11.5 Å². The van der Waals surface area contributed by atoms with Crippen LogP contribution >= 0.6 is 0 Å². The fraction of sp³-hybridized carbons (Fsp3) is 0.214. The minimum absolute atomic E-state index is 0.0225. The van der Waals surface area contributed by atoms with Crippen LogP contribution in [0, 0.1) is 0 Å². The summed E-state index contributed by atoms with van der Waals surface area (Å²) >= 11 is 0. The summed E-state index contributed by atoms with van der Waals surface area (Å²) in [6, 6.07) is 15.1. The quantitative estimate of drug-likeness (QED) is 0.231. The molecule has 35 heavy (non-hydrogen) atoms. The number of carbonyl (C=O) groups excluding carboxylic acids is 2. The summed E-state index contributed by atoms with van der Waals surface area (Å²) in [7, 11) is 0. The Morgan fingerprint density at radius 3 is 2.83 bits per heavy atom. The van der Waals surface area contributed by atoms with Gasteiger partial charge in [0.1, 0.15) is 35.7 Å². The third kappa shape index (κ3) is 4.21. The zero-order valence-electron chi connectivity index (χ0n) is 19.3. The van der Waals surface area contributed by atoms with Gasteiger partial charge in [-0.1, -0.05) is 24.8 Å². The first-order chi connectivity index (χ1) is 17.0. The lowest BCUT2D eigenvalue weighted by Crippen LogP contribution is -2.29. The number of amides is 1. The van der Waals surface area contributed by atoms with E-state index >= 15 is 0 Å². The molecule has 0 spiro atoms. The molecular weight excluding hydrogens is 446 g/mol. The average molecular weight is 472 g/mol. The number of hydrogen-bond acceptors (Lipinski definition) is 6. The number of ether oxygens (including phenoxy) is 2. The summed E-state index contributed by atoms with van der Waals surface area (Å²) in [6.07, 6.45) is 3.89. The highest BCUT2D eigenvalue weighted by Crippen LogP contribution is 2.42. The van der Waals surface area contributed by atoms with Gasteiger partial charge in [0.05, 0.1) is 24.4 Å². The van der Waals surface area contributed by atoms with E-state index in [-0.39, 0.29) is 24.0 Å². The van der Waals surface area contributed by atoms with Crippen LogP contribution in [0.4, 0.5) is 0 Å². The van der Waals surface area contributed by atoms with E-state index in [1.54, 1.807) is 54.6 Å². The van der Waals surface area contributed by atoms with Crippen LogP contribution in [-0.2, 0) is 22.6 Å². The number of hydrogen-bond donors (Lipinski definition) is 1. The Morgan fingerprint density at radius 2 is 2.06 bits per heavy atom. The van der Waals surface area contributed by atoms with Crippen molar-refractivity contribution in [2.24, 2.45) is 0 Å². The smallest absolute Gasteiger partial charge is 0.296 e. The van der Waals surface area contributed by atoms with Crippen molar-refractivity contribution in [2.45, 2.75) is 32.0 Å². The van der Waals surface area contributed by atoms with Crippen molar-refractivity contribution in [3.05, 3.63) is 102 Å². The number of furan rings is 1. The van der Waals surface area contributed by atoms with Gasteiger partial charge in [-0.05, 0) is 60.5 Å². The van der Waals surface area contributed by atoms with Gasteiger partial charge in [-0.15, -0.1) is 0 Å². The lowest BCUT2D eigenvalue weighted by atomic mass is 9.94. The van der Waals surface area contributed by atoms with Crippen molar-refractivity contribution in [3.8, 4) is 11.5 Å². The number of nitrogens with zero attached hydrogens (tertiary/aromatic N) is 1. The van der Waals surface area contributed by atoms with Crippen LogP contribution in [0.2, 0.25) is 0 Å². The molecule has 0 saturated carbocycles. The first kappa shape index (κ1) is 22.5. The molecule has 2 atom stereocenters. The van der Waals surface area contributed by atoms with E-state index < -0.39 is 17.7 Å². The maximum atomic E-state index is 13.3. The molecule has 5 rings (SSSR count). The third-order valence-corrected chi connectivity index (χ3v) is 6.16. The average Bonchev–Trinajstić information content (AvgIpc) is 3.56. The second-order valence-corrected chi connectivity index (χ2v) is 8.63. The standard InChI is InChI=1S/C28H25NO6/c1-3-11-33-21-7-4-6-18(15-21)25-24(27(31)28(32)29(25)16-22-8-5-12-34-22)26(30)19-9-10-23-20(14-19)13-17(2)35-23/h3-10,12,14-15,17,25,30H,1,11,13,16H2,2H3/b26-24+. The molecular formula is C28H25NO6. The van der Waals surface area contributed by atoms with Crippen LogP contribution in [0.15, 0.2) is 83.5 Å². The molecule has 2 aliphatic rings. The first-order valence-electron chi connectivity index (χ1n) is 11.4. The molecule has 0 aliphatic carbocycles. The Labute approximate surface area is 202 Å². The van der Waals surface area contributed by atoms with E-state index in [9.17, 15) is 14.7 Å². The second-order valence-electron chi connectivity index (χ2n) is 8.63. The molecule has 3 aromatic rings. The maximum absolute atomic E-state index is 13.3. The molecule has 2 unspecified atom stereocenters. The number of fused-ring (bicyclic) bond motifs is 1. The minimum Gasteiger partial charge on any atom is -0.507 e. The third-order valence-electron chi connectivity index (χ3n) is 6.16. The van der Waals surface area contributed by atoms with E-state index in [1.165, 1.54) is 11.2 Å². The summed E-state index contributed by atoms with van der Waals surface area (Å²) < 4.78 is 16.9. The molecule has 2 aliphatic heterocycles. The van der Waals surface area contributed by atoms with Crippen molar-refractivity contribution >= 4 is 17.4 Å². The van der Waals surface area contributed by atoms with Crippen LogP contribution < -0.4 is 9.47 Å². The van der Waals surface area contributed by atoms with Gasteiger partial charge in [-0.2, -0.15) is 0 Å². The van der Waals surface area contributed by atoms with E-state index in [4.69, 9.17) is 13.9 Å². The molecule has 178 valence electrons. The zero-order chi connectivity index (χ0) is 24.5. The van der Waals surface area contributed by atoms with Crippen molar-refractivity contribution in [2.75, 3.05) is 6.61 Å². The number of benzene rings is 2. The molecule has 7 nitrogen and oxygen atoms in total. The molecule has 1 aromatic heterocycles. The minimum atomic E-state index is -0.823. The van der Waals surface area contributed by atoms with Crippen LogP contribution in [0.25, 0.3) is 5.76 Å². The zero-order valence-corrected chi connectivity index (χ0v) is 19.3. The number of ketones is 1. The van der Waals surface area contributed by atoms with Gasteiger partial charge < -0.3 is 23.9 Å². The van der Waals surface area contributed by atoms with Gasteiger partial charge in [0, 0.05) is 12.0 Å². The topological polar surface area (TPSA) is 89.2 Å². The number of aliphatic hydroxyl groups excluding tert-OH is 1. The summed E-state index contributed by atoms with van der Waals surface area (Å²) in [5, 5.41) is 11.4. The largest absolute Gasteiger partial charge is 0.507 e. The molecule has 1 fully saturated rings. The van der Waals surface area contributed by atoms with Gasteiger partial charge in [-0.25, -0.2) is 0 Å². The number of carbonyl (C=O) groups is 2. The Balaban J connectivity index is 1.62.